The largest absolute Gasteiger partial charge is 0.380 e. The monoisotopic (exact) mass is 697 g/mol. The van der Waals surface area contributed by atoms with Crippen LogP contribution in [0.25, 0.3) is 19.6 Å². The molecule has 2 aliphatic carbocycles. The zero-order valence-electron chi connectivity index (χ0n) is 23.8. The second-order valence-corrected chi connectivity index (χ2v) is 15.9. The Hall–Kier alpha value is -2.78. The van der Waals surface area contributed by atoms with Crippen LogP contribution < -0.4 is 0 Å². The number of hydrogen-bond acceptors (Lipinski definition) is 7. The van der Waals surface area contributed by atoms with Crippen LogP contribution in [0.1, 0.15) is 31.2 Å². The van der Waals surface area contributed by atoms with E-state index in [0.717, 1.165) is 34.9 Å². The van der Waals surface area contributed by atoms with Crippen molar-refractivity contribution in [1.29, 1.82) is 0 Å². The van der Waals surface area contributed by atoms with Gasteiger partial charge in [-0.25, -0.2) is 0 Å². The standard InChI is InChI=1S/C31H21F6NO3S4/c1-14-21-23-24(29(34,35)31(36,37)28(23,32)33)22-15(2)26(19-11-10-17(42-19)18-12-13-20(43-18)38(39)40)45-30(22,41-4)27(21,3)44-25(14)16-8-6-5-7-9-16/h5-13H,1-4H3/t27-,30-/m0/s1. The lowest BCUT2D eigenvalue weighted by Crippen LogP contribution is -2.53. The van der Waals surface area contributed by atoms with Crippen LogP contribution in [0.3, 0.4) is 0 Å². The third-order valence-corrected chi connectivity index (χ3v) is 14.8. The first-order valence-electron chi connectivity index (χ1n) is 13.5. The van der Waals surface area contributed by atoms with Crippen LogP contribution in [0.4, 0.5) is 31.3 Å². The molecule has 3 aromatic rings. The Bertz CT molecular complexity index is 1960. The summed E-state index contributed by atoms with van der Waals surface area (Å²) >= 11 is 4.39. The van der Waals surface area contributed by atoms with Crippen molar-refractivity contribution in [2.75, 3.05) is 7.11 Å². The maximum absolute atomic E-state index is 15.9. The van der Waals surface area contributed by atoms with Gasteiger partial charge in [0.1, 0.15) is 0 Å². The first-order valence-corrected chi connectivity index (χ1v) is 16.7. The molecular weight excluding hydrogens is 677 g/mol. The summed E-state index contributed by atoms with van der Waals surface area (Å²) < 4.78 is 98.9. The average Bonchev–Trinajstić information content (AvgIpc) is 3.78. The summed E-state index contributed by atoms with van der Waals surface area (Å²) in [6, 6.07) is 15.2. The van der Waals surface area contributed by atoms with E-state index in [-0.39, 0.29) is 27.3 Å². The number of hydrogen-bond donors (Lipinski definition) is 0. The first-order chi connectivity index (χ1) is 21.0. The van der Waals surface area contributed by atoms with Gasteiger partial charge in [0.15, 0.2) is 4.93 Å². The quantitative estimate of drug-likeness (QED) is 0.151. The number of fused-ring (bicyclic) bond motifs is 4. The number of allylic oxidation sites excluding steroid dienone is 3. The maximum Gasteiger partial charge on any atom is 0.380 e. The Morgan fingerprint density at radius 1 is 0.711 bits per heavy atom. The number of alkyl halides is 6. The molecule has 4 nitrogen and oxygen atoms in total. The topological polar surface area (TPSA) is 52.4 Å². The van der Waals surface area contributed by atoms with Gasteiger partial charge in [0.25, 0.3) is 0 Å². The van der Waals surface area contributed by atoms with Gasteiger partial charge < -0.3 is 4.74 Å². The van der Waals surface area contributed by atoms with Crippen LogP contribution in [0.2, 0.25) is 0 Å². The summed E-state index contributed by atoms with van der Waals surface area (Å²) in [7, 11) is 1.28. The molecule has 14 heteroatoms. The minimum atomic E-state index is -5.69. The average molecular weight is 698 g/mol. The van der Waals surface area contributed by atoms with Gasteiger partial charge in [0.2, 0.25) is 0 Å². The van der Waals surface area contributed by atoms with Gasteiger partial charge in [-0.15, -0.1) is 23.1 Å². The van der Waals surface area contributed by atoms with Crippen LogP contribution in [-0.2, 0) is 4.74 Å². The second kappa shape index (κ2) is 9.63. The first kappa shape index (κ1) is 30.9. The number of nitro groups is 1. The normalized spacial score (nSPS) is 27.8. The predicted molar refractivity (Wildman–Crippen MR) is 168 cm³/mol. The zero-order chi connectivity index (χ0) is 32.5. The summed E-state index contributed by atoms with van der Waals surface area (Å²) in [6.45, 7) is 4.57. The Labute approximate surface area is 269 Å². The van der Waals surface area contributed by atoms with Crippen molar-refractivity contribution in [3.63, 3.8) is 0 Å². The van der Waals surface area contributed by atoms with E-state index in [2.05, 4.69) is 0 Å². The van der Waals surface area contributed by atoms with Gasteiger partial charge >= 0.3 is 22.8 Å². The highest BCUT2D eigenvalue weighted by Crippen LogP contribution is 2.77. The fourth-order valence-electron chi connectivity index (χ4n) is 6.76. The molecule has 2 atom stereocenters. The number of thiophene rings is 2. The molecule has 45 heavy (non-hydrogen) atoms. The minimum absolute atomic E-state index is 0.0540. The number of nitrogens with zero attached hydrogens (tertiary/aromatic N) is 1. The summed E-state index contributed by atoms with van der Waals surface area (Å²) in [4.78, 5) is 11.7. The number of rotatable bonds is 5. The third kappa shape index (κ3) is 3.68. The van der Waals surface area contributed by atoms with Crippen molar-refractivity contribution >= 4 is 61.0 Å². The van der Waals surface area contributed by atoms with E-state index in [1.165, 1.54) is 38.4 Å². The van der Waals surface area contributed by atoms with Crippen molar-refractivity contribution in [1.82, 2.24) is 0 Å². The molecule has 0 radical (unpaired) electrons. The van der Waals surface area contributed by atoms with Crippen LogP contribution in [0, 0.1) is 10.1 Å². The van der Waals surface area contributed by atoms with Crippen molar-refractivity contribution in [3.05, 3.63) is 109 Å². The van der Waals surface area contributed by atoms with Crippen LogP contribution >= 0.6 is 46.2 Å². The summed E-state index contributed by atoms with van der Waals surface area (Å²) in [5.74, 6) is -16.1. The van der Waals surface area contributed by atoms with E-state index in [9.17, 15) is 10.1 Å². The summed E-state index contributed by atoms with van der Waals surface area (Å²) in [5, 5.41) is 11.2. The molecular formula is C31H21F6NO3S4. The zero-order valence-corrected chi connectivity index (χ0v) is 27.0. The molecule has 0 N–H and O–H groups in total. The maximum atomic E-state index is 15.9. The number of methoxy groups -OCH3 is 1. The number of halogens is 6. The van der Waals surface area contributed by atoms with Crippen LogP contribution in [-0.4, -0.2) is 39.5 Å². The van der Waals surface area contributed by atoms with Crippen molar-refractivity contribution in [2.45, 2.75) is 48.2 Å². The SMILES string of the molecule is CO[C@]12SC(c3ccc(-c4ccc([N+](=O)[O-])s4)s3)=C(C)C1=C1C(=C3C(C)=C(c4ccccc4)S[C@@]32C)C(F)(F)C(F)(F)C1(F)F. The molecule has 4 aliphatic rings. The van der Waals surface area contributed by atoms with Crippen molar-refractivity contribution < 1.29 is 36.0 Å². The predicted octanol–water partition coefficient (Wildman–Crippen LogP) is 10.7. The molecule has 0 bridgehead atoms. The molecule has 1 saturated carbocycles. The highest BCUT2D eigenvalue weighted by Gasteiger charge is 2.85. The van der Waals surface area contributed by atoms with Crippen molar-refractivity contribution in [2.24, 2.45) is 0 Å². The van der Waals surface area contributed by atoms with E-state index in [0.29, 0.717) is 30.0 Å². The highest BCUT2D eigenvalue weighted by molar-refractivity contribution is 8.14. The molecule has 4 heterocycles. The van der Waals surface area contributed by atoms with Gasteiger partial charge in [-0.05, 0) is 61.3 Å². The molecule has 234 valence electrons. The molecule has 2 aliphatic heterocycles. The molecule has 0 amide bonds. The van der Waals surface area contributed by atoms with Gasteiger partial charge in [-0.1, -0.05) is 53.4 Å². The van der Waals surface area contributed by atoms with Crippen molar-refractivity contribution in [3.8, 4) is 9.75 Å². The van der Waals surface area contributed by atoms with E-state index < -0.39 is 43.5 Å². The summed E-state index contributed by atoms with van der Waals surface area (Å²) in [6.07, 6.45) is 0. The molecule has 0 saturated heterocycles. The minimum Gasteiger partial charge on any atom is -0.361 e. The molecule has 7 rings (SSSR count). The van der Waals surface area contributed by atoms with Crippen LogP contribution in [0.5, 0.6) is 0 Å². The smallest absolute Gasteiger partial charge is 0.361 e. The molecule has 0 spiro atoms. The second-order valence-electron chi connectivity index (χ2n) is 11.1. The molecule has 0 unspecified atom stereocenters. The number of thioether (sulfide) groups is 2. The van der Waals surface area contributed by atoms with E-state index in [1.807, 2.05) is 0 Å². The lowest BCUT2D eigenvalue weighted by atomic mass is 9.72. The Morgan fingerprint density at radius 3 is 1.87 bits per heavy atom. The van der Waals surface area contributed by atoms with E-state index in [1.54, 1.807) is 55.5 Å². The molecule has 1 fully saturated rings. The molecule has 1 aromatic carbocycles. The lowest BCUT2D eigenvalue weighted by Gasteiger charge is -2.48. The fraction of sp³-hybridized carbons (Fsp3) is 0.290. The van der Waals surface area contributed by atoms with Gasteiger partial charge in [-0.2, -0.15) is 26.3 Å². The van der Waals surface area contributed by atoms with E-state index >= 15 is 26.3 Å². The lowest BCUT2D eigenvalue weighted by molar-refractivity contribution is -0.380. The number of benzene rings is 1. The van der Waals surface area contributed by atoms with Gasteiger partial charge in [0.05, 0.1) is 14.5 Å². The summed E-state index contributed by atoms with van der Waals surface area (Å²) in [5.41, 5.74) is -2.37. The third-order valence-electron chi connectivity index (χ3n) is 8.75. The molecule has 2 aromatic heterocycles. The van der Waals surface area contributed by atoms with E-state index in [4.69, 9.17) is 4.74 Å². The Balaban J connectivity index is 1.50. The number of ether oxygens (including phenoxy) is 1. The Kier molecular flexibility index (Phi) is 6.60. The highest BCUT2D eigenvalue weighted by atomic mass is 32.2. The van der Waals surface area contributed by atoms with Gasteiger partial charge in [0, 0.05) is 49.5 Å². The van der Waals surface area contributed by atoms with Gasteiger partial charge in [-0.3, -0.25) is 10.1 Å². The Morgan fingerprint density at radius 2 is 1.27 bits per heavy atom. The van der Waals surface area contributed by atoms with Crippen LogP contribution in [0.15, 0.2) is 88.0 Å². The fourth-order valence-corrected chi connectivity index (χ4v) is 12.2.